The van der Waals surface area contributed by atoms with E-state index in [4.69, 9.17) is 16.3 Å². The number of carbonyl (C=O) groups excluding carboxylic acids is 3. The molecule has 0 radical (unpaired) electrons. The number of esters is 1. The van der Waals surface area contributed by atoms with Crippen molar-refractivity contribution in [3.05, 3.63) is 40.9 Å². The molecule has 1 atom stereocenters. The van der Waals surface area contributed by atoms with Gasteiger partial charge in [0.1, 0.15) is 6.04 Å². The number of halogens is 1. The highest BCUT2D eigenvalue weighted by Gasteiger charge is 2.15. The summed E-state index contributed by atoms with van der Waals surface area (Å²) in [6, 6.07) is 6.31. The predicted molar refractivity (Wildman–Crippen MR) is 87.7 cm³/mol. The molecular weight excluding hydrogens is 320 g/mol. The maximum Gasteiger partial charge on any atom is 0.331 e. The fraction of sp³-hybridized carbons (Fsp3) is 0.312. The molecule has 0 aliphatic heterocycles. The van der Waals surface area contributed by atoms with E-state index >= 15 is 0 Å². The zero-order valence-corrected chi connectivity index (χ0v) is 13.7. The van der Waals surface area contributed by atoms with Crippen LogP contribution in [0.2, 0.25) is 5.02 Å². The van der Waals surface area contributed by atoms with Gasteiger partial charge in [0.05, 0.1) is 0 Å². The van der Waals surface area contributed by atoms with Gasteiger partial charge < -0.3 is 15.4 Å². The highest BCUT2D eigenvalue weighted by Crippen LogP contribution is 2.16. The number of hydrogen-bond acceptors (Lipinski definition) is 4. The summed E-state index contributed by atoms with van der Waals surface area (Å²) in [5.74, 6) is -1.53. The molecule has 2 amide bonds. The molecule has 0 unspecified atom stereocenters. The molecule has 7 heteroatoms. The molecule has 0 heterocycles. The molecule has 0 aliphatic carbocycles. The van der Waals surface area contributed by atoms with Crippen LogP contribution in [0.4, 0.5) is 0 Å². The Morgan fingerprint density at radius 3 is 2.65 bits per heavy atom. The van der Waals surface area contributed by atoms with Crippen LogP contribution in [0.1, 0.15) is 19.4 Å². The molecular formula is C16H19ClN2O4. The second kappa shape index (κ2) is 9.63. The number of nitrogens with one attached hydrogen (secondary N) is 2. The van der Waals surface area contributed by atoms with E-state index in [1.165, 1.54) is 12.2 Å². The number of carbonyl (C=O) groups is 3. The Balaban J connectivity index is 2.40. The first kappa shape index (κ1) is 18.7. The lowest BCUT2D eigenvalue weighted by Crippen LogP contribution is -2.46. The molecule has 0 fully saturated rings. The summed E-state index contributed by atoms with van der Waals surface area (Å²) in [6.45, 7) is 3.33. The Morgan fingerprint density at radius 1 is 1.30 bits per heavy atom. The standard InChI is InChI=1S/C16H19ClN2O4/c1-3-18-16(22)11(2)19-14(20)10-23-15(21)9-8-12-6-4-5-7-13(12)17/h4-9,11H,3,10H2,1-2H3,(H,18,22)(H,19,20)/b9-8+/t11-/m1/s1. The van der Waals surface area contributed by atoms with Gasteiger partial charge in [-0.1, -0.05) is 29.8 Å². The summed E-state index contributed by atoms with van der Waals surface area (Å²) >= 11 is 5.94. The maximum absolute atomic E-state index is 11.6. The summed E-state index contributed by atoms with van der Waals surface area (Å²) in [6.07, 6.45) is 2.68. The lowest BCUT2D eigenvalue weighted by molar-refractivity contribution is -0.144. The Morgan fingerprint density at radius 2 is 2.00 bits per heavy atom. The average molecular weight is 339 g/mol. The van der Waals surface area contributed by atoms with Crippen LogP contribution in [0.25, 0.3) is 6.08 Å². The topological polar surface area (TPSA) is 84.5 Å². The quantitative estimate of drug-likeness (QED) is 0.583. The van der Waals surface area contributed by atoms with Gasteiger partial charge in [0.2, 0.25) is 5.91 Å². The average Bonchev–Trinajstić information content (AvgIpc) is 2.52. The zero-order chi connectivity index (χ0) is 17.2. The summed E-state index contributed by atoms with van der Waals surface area (Å²) in [5.41, 5.74) is 0.667. The van der Waals surface area contributed by atoms with Crippen molar-refractivity contribution in [1.82, 2.24) is 10.6 Å². The molecule has 0 bridgehead atoms. The SMILES string of the molecule is CCNC(=O)[C@@H](C)NC(=O)COC(=O)/C=C/c1ccccc1Cl. The second-order valence-corrected chi connectivity index (χ2v) is 5.05. The second-order valence-electron chi connectivity index (χ2n) is 4.65. The van der Waals surface area contributed by atoms with Gasteiger partial charge in [-0.3, -0.25) is 9.59 Å². The molecule has 23 heavy (non-hydrogen) atoms. The van der Waals surface area contributed by atoms with Gasteiger partial charge in [-0.2, -0.15) is 0 Å². The number of rotatable bonds is 7. The van der Waals surface area contributed by atoms with Crippen LogP contribution in [-0.4, -0.2) is 37.0 Å². The van der Waals surface area contributed by atoms with Crippen molar-refractivity contribution >= 4 is 35.5 Å². The van der Waals surface area contributed by atoms with E-state index in [1.54, 1.807) is 38.1 Å². The summed E-state index contributed by atoms with van der Waals surface area (Å²) < 4.78 is 4.79. The van der Waals surface area contributed by atoms with E-state index < -0.39 is 24.5 Å². The van der Waals surface area contributed by atoms with Gasteiger partial charge in [0.15, 0.2) is 6.61 Å². The molecule has 1 aromatic carbocycles. The monoisotopic (exact) mass is 338 g/mol. The van der Waals surface area contributed by atoms with Crippen LogP contribution in [0, 0.1) is 0 Å². The van der Waals surface area contributed by atoms with E-state index in [-0.39, 0.29) is 5.91 Å². The van der Waals surface area contributed by atoms with Crippen molar-refractivity contribution in [2.75, 3.05) is 13.2 Å². The zero-order valence-electron chi connectivity index (χ0n) is 13.0. The fourth-order valence-corrected chi connectivity index (χ4v) is 1.83. The Hall–Kier alpha value is -2.34. The minimum Gasteiger partial charge on any atom is -0.452 e. The third-order valence-corrected chi connectivity index (χ3v) is 3.12. The summed E-state index contributed by atoms with van der Waals surface area (Å²) in [4.78, 5) is 34.6. The molecule has 6 nitrogen and oxygen atoms in total. The van der Waals surface area contributed by atoms with Gasteiger partial charge in [0.25, 0.3) is 5.91 Å². The number of hydrogen-bond donors (Lipinski definition) is 2. The van der Waals surface area contributed by atoms with Crippen molar-refractivity contribution in [2.24, 2.45) is 0 Å². The van der Waals surface area contributed by atoms with Crippen molar-refractivity contribution in [3.63, 3.8) is 0 Å². The predicted octanol–water partition coefficient (Wildman–Crippen LogP) is 1.54. The van der Waals surface area contributed by atoms with Crippen molar-refractivity contribution in [2.45, 2.75) is 19.9 Å². The van der Waals surface area contributed by atoms with Crippen LogP contribution in [0.5, 0.6) is 0 Å². The molecule has 124 valence electrons. The number of benzene rings is 1. The van der Waals surface area contributed by atoms with Gasteiger partial charge in [0, 0.05) is 17.6 Å². The maximum atomic E-state index is 11.6. The molecule has 1 aromatic rings. The van der Waals surface area contributed by atoms with Crippen molar-refractivity contribution < 1.29 is 19.1 Å². The van der Waals surface area contributed by atoms with Gasteiger partial charge in [-0.05, 0) is 31.6 Å². The third kappa shape index (κ3) is 6.97. The Bertz CT molecular complexity index is 601. The fourth-order valence-electron chi connectivity index (χ4n) is 1.63. The lowest BCUT2D eigenvalue weighted by Gasteiger charge is -2.12. The van der Waals surface area contributed by atoms with Gasteiger partial charge in [-0.25, -0.2) is 4.79 Å². The van der Waals surface area contributed by atoms with E-state index in [1.807, 2.05) is 0 Å². The van der Waals surface area contributed by atoms with Crippen LogP contribution >= 0.6 is 11.6 Å². The van der Waals surface area contributed by atoms with E-state index in [0.717, 1.165) is 0 Å². The minimum atomic E-state index is -0.695. The number of likely N-dealkylation sites (N-methyl/N-ethyl adjacent to an activating group) is 1. The Kier molecular flexibility index (Phi) is 7.83. The van der Waals surface area contributed by atoms with Crippen LogP contribution in [0.15, 0.2) is 30.3 Å². The van der Waals surface area contributed by atoms with Gasteiger partial charge >= 0.3 is 5.97 Å². The molecule has 2 N–H and O–H groups in total. The molecule has 0 aromatic heterocycles. The molecule has 0 spiro atoms. The van der Waals surface area contributed by atoms with E-state index in [0.29, 0.717) is 17.1 Å². The Labute approximate surface area is 139 Å². The highest BCUT2D eigenvalue weighted by atomic mass is 35.5. The lowest BCUT2D eigenvalue weighted by atomic mass is 10.2. The van der Waals surface area contributed by atoms with Gasteiger partial charge in [-0.15, -0.1) is 0 Å². The molecule has 0 saturated carbocycles. The first-order chi connectivity index (χ1) is 10.9. The van der Waals surface area contributed by atoms with Crippen molar-refractivity contribution in [3.8, 4) is 0 Å². The smallest absolute Gasteiger partial charge is 0.331 e. The van der Waals surface area contributed by atoms with E-state index in [9.17, 15) is 14.4 Å². The summed E-state index contributed by atoms with van der Waals surface area (Å²) in [5, 5.41) is 5.51. The molecule has 0 aliphatic rings. The number of ether oxygens (including phenoxy) is 1. The first-order valence-corrected chi connectivity index (χ1v) is 7.48. The van der Waals surface area contributed by atoms with Crippen LogP contribution in [0.3, 0.4) is 0 Å². The summed E-state index contributed by atoms with van der Waals surface area (Å²) in [7, 11) is 0. The van der Waals surface area contributed by atoms with Crippen LogP contribution in [-0.2, 0) is 19.1 Å². The van der Waals surface area contributed by atoms with Crippen LogP contribution < -0.4 is 10.6 Å². The van der Waals surface area contributed by atoms with E-state index in [2.05, 4.69) is 10.6 Å². The molecule has 0 saturated heterocycles. The van der Waals surface area contributed by atoms with Crippen molar-refractivity contribution in [1.29, 1.82) is 0 Å². The largest absolute Gasteiger partial charge is 0.452 e. The minimum absolute atomic E-state index is 0.300. The first-order valence-electron chi connectivity index (χ1n) is 7.10. The third-order valence-electron chi connectivity index (χ3n) is 2.77. The number of amides is 2. The normalized spacial score (nSPS) is 11.8. The highest BCUT2D eigenvalue weighted by molar-refractivity contribution is 6.32. The molecule has 1 rings (SSSR count).